The zero-order valence-corrected chi connectivity index (χ0v) is 18.3. The number of carbonyl (C=O) groups excluding carboxylic acids is 2. The zero-order valence-electron chi connectivity index (χ0n) is 17.5. The fourth-order valence-corrected chi connectivity index (χ4v) is 4.36. The molecule has 0 saturated heterocycles. The second-order valence-electron chi connectivity index (χ2n) is 7.45. The Morgan fingerprint density at radius 3 is 2.68 bits per heavy atom. The van der Waals surface area contributed by atoms with E-state index in [1.54, 1.807) is 24.3 Å². The van der Waals surface area contributed by atoms with Crippen molar-refractivity contribution in [1.29, 1.82) is 0 Å². The van der Waals surface area contributed by atoms with E-state index in [0.717, 1.165) is 24.1 Å². The van der Waals surface area contributed by atoms with Gasteiger partial charge in [0.25, 0.3) is 5.56 Å². The van der Waals surface area contributed by atoms with Gasteiger partial charge >= 0.3 is 5.97 Å². The van der Waals surface area contributed by atoms with Crippen molar-refractivity contribution >= 4 is 40.4 Å². The van der Waals surface area contributed by atoms with Crippen LogP contribution in [0.1, 0.15) is 40.5 Å². The summed E-state index contributed by atoms with van der Waals surface area (Å²) < 4.78 is 6.74. The number of aromatic nitrogens is 3. The molecule has 2 aromatic heterocycles. The van der Waals surface area contributed by atoms with E-state index in [-0.39, 0.29) is 28.8 Å². The van der Waals surface area contributed by atoms with E-state index < -0.39 is 5.97 Å². The molecule has 0 aliphatic heterocycles. The number of fused-ring (bicyclic) bond motifs is 1. The Labute approximate surface area is 183 Å². The number of nitrogens with zero attached hydrogens (tertiary/aromatic N) is 3. The van der Waals surface area contributed by atoms with Crippen LogP contribution in [0.5, 0.6) is 0 Å². The molecule has 0 radical (unpaired) electrons. The van der Waals surface area contributed by atoms with E-state index in [1.807, 2.05) is 24.5 Å². The van der Waals surface area contributed by atoms with Crippen molar-refractivity contribution in [3.05, 3.63) is 57.5 Å². The first-order valence-electron chi connectivity index (χ1n) is 9.89. The number of methoxy groups -OCH3 is 1. The summed E-state index contributed by atoms with van der Waals surface area (Å²) in [5, 5.41) is 3.75. The van der Waals surface area contributed by atoms with Crippen LogP contribution in [0.4, 0.5) is 5.69 Å². The predicted molar refractivity (Wildman–Crippen MR) is 119 cm³/mol. The maximum Gasteiger partial charge on any atom is 0.339 e. The van der Waals surface area contributed by atoms with Crippen LogP contribution >= 0.6 is 11.8 Å². The number of ether oxygens (including phenoxy) is 1. The molecule has 2 heterocycles. The Morgan fingerprint density at radius 2 is 1.97 bits per heavy atom. The lowest BCUT2D eigenvalue weighted by atomic mass is 10.2. The molecule has 1 N–H and O–H groups in total. The van der Waals surface area contributed by atoms with Gasteiger partial charge in [-0.05, 0) is 50.5 Å². The molecule has 160 valence electrons. The van der Waals surface area contributed by atoms with Gasteiger partial charge in [-0.1, -0.05) is 23.9 Å². The number of esters is 1. The lowest BCUT2D eigenvalue weighted by molar-refractivity contribution is -0.113. The number of anilines is 1. The Hall–Kier alpha value is -3.20. The molecular formula is C22H22N4O4S. The number of thioether (sulfide) groups is 1. The summed E-state index contributed by atoms with van der Waals surface area (Å²) in [7, 11) is 1.29. The number of carbonyl (C=O) groups is 2. The SMILES string of the molecule is COC(=O)c1ccccc1NC(=O)CSc1nc(=O)c2c(C)cc(C)nc2n1C1CC1. The number of hydrogen-bond donors (Lipinski definition) is 1. The number of hydrogen-bond acceptors (Lipinski definition) is 7. The quantitative estimate of drug-likeness (QED) is 0.358. The van der Waals surface area contributed by atoms with Gasteiger partial charge in [-0.25, -0.2) is 9.78 Å². The smallest absolute Gasteiger partial charge is 0.339 e. The Bertz CT molecular complexity index is 1250. The largest absolute Gasteiger partial charge is 0.465 e. The minimum Gasteiger partial charge on any atom is -0.465 e. The fraction of sp³-hybridized carbons (Fsp3) is 0.318. The Morgan fingerprint density at radius 1 is 1.23 bits per heavy atom. The molecule has 8 nitrogen and oxygen atoms in total. The maximum absolute atomic E-state index is 12.7. The predicted octanol–water partition coefficient (Wildman–Crippen LogP) is 3.26. The maximum atomic E-state index is 12.7. The molecule has 0 spiro atoms. The summed E-state index contributed by atoms with van der Waals surface area (Å²) >= 11 is 1.19. The van der Waals surface area contributed by atoms with Crippen molar-refractivity contribution in [3.63, 3.8) is 0 Å². The van der Waals surface area contributed by atoms with E-state index in [0.29, 0.717) is 21.9 Å². The third kappa shape index (κ3) is 4.32. The number of amides is 1. The Balaban J connectivity index is 1.60. The van der Waals surface area contributed by atoms with Gasteiger partial charge in [-0.15, -0.1) is 0 Å². The number of para-hydroxylation sites is 1. The molecule has 1 amide bonds. The van der Waals surface area contributed by atoms with Gasteiger partial charge < -0.3 is 14.6 Å². The average Bonchev–Trinajstić information content (AvgIpc) is 3.56. The van der Waals surface area contributed by atoms with E-state index in [4.69, 9.17) is 4.74 Å². The van der Waals surface area contributed by atoms with Crippen LogP contribution in [0.2, 0.25) is 0 Å². The summed E-state index contributed by atoms with van der Waals surface area (Å²) in [6.45, 7) is 3.78. The summed E-state index contributed by atoms with van der Waals surface area (Å²) in [5.41, 5.74) is 2.62. The topological polar surface area (TPSA) is 103 Å². The van der Waals surface area contributed by atoms with Gasteiger partial charge in [-0.2, -0.15) is 4.98 Å². The third-order valence-corrected chi connectivity index (χ3v) is 5.97. The minimum absolute atomic E-state index is 0.0327. The number of nitrogens with one attached hydrogen (secondary N) is 1. The van der Waals surface area contributed by atoms with Crippen LogP contribution < -0.4 is 10.9 Å². The molecule has 0 atom stereocenters. The zero-order chi connectivity index (χ0) is 22.1. The molecule has 0 unspecified atom stereocenters. The molecule has 1 fully saturated rings. The molecule has 1 aliphatic rings. The van der Waals surface area contributed by atoms with Crippen LogP contribution in [0, 0.1) is 13.8 Å². The van der Waals surface area contributed by atoms with Crippen LogP contribution in [-0.2, 0) is 9.53 Å². The van der Waals surface area contributed by atoms with Crippen molar-refractivity contribution in [2.75, 3.05) is 18.2 Å². The molecule has 1 aliphatic carbocycles. The first-order valence-corrected chi connectivity index (χ1v) is 10.9. The molecule has 0 bridgehead atoms. The van der Waals surface area contributed by atoms with Crippen LogP contribution in [-0.4, -0.2) is 39.3 Å². The highest BCUT2D eigenvalue weighted by Gasteiger charge is 2.29. The second-order valence-corrected chi connectivity index (χ2v) is 8.40. The van der Waals surface area contributed by atoms with Crippen LogP contribution in [0.25, 0.3) is 11.0 Å². The standard InChI is InChI=1S/C22H22N4O4S/c1-12-10-13(2)23-19-18(12)20(28)25-22(26(19)14-8-9-14)31-11-17(27)24-16-7-5-4-6-15(16)21(29)30-3/h4-7,10,14H,8-9,11H2,1-3H3,(H,24,27). The van der Waals surface area contributed by atoms with Crippen molar-refractivity contribution in [3.8, 4) is 0 Å². The molecule has 31 heavy (non-hydrogen) atoms. The summed E-state index contributed by atoms with van der Waals surface area (Å²) in [6.07, 6.45) is 1.97. The highest BCUT2D eigenvalue weighted by Crippen LogP contribution is 2.39. The average molecular weight is 439 g/mol. The van der Waals surface area contributed by atoms with Crippen LogP contribution in [0.15, 0.2) is 40.3 Å². The van der Waals surface area contributed by atoms with Crippen molar-refractivity contribution in [2.24, 2.45) is 0 Å². The highest BCUT2D eigenvalue weighted by molar-refractivity contribution is 7.99. The first kappa shape index (κ1) is 21.0. The van der Waals surface area contributed by atoms with Gasteiger partial charge in [0, 0.05) is 11.7 Å². The number of rotatable bonds is 6. The minimum atomic E-state index is -0.529. The van der Waals surface area contributed by atoms with E-state index in [1.165, 1.54) is 18.9 Å². The molecular weight excluding hydrogens is 416 g/mol. The second kappa shape index (κ2) is 8.50. The summed E-state index contributed by atoms with van der Waals surface area (Å²) in [5.74, 6) is -0.809. The van der Waals surface area contributed by atoms with E-state index in [2.05, 4.69) is 15.3 Å². The lowest BCUT2D eigenvalue weighted by Crippen LogP contribution is -2.20. The van der Waals surface area contributed by atoms with Crippen LogP contribution in [0.3, 0.4) is 0 Å². The van der Waals surface area contributed by atoms with Crippen molar-refractivity contribution in [2.45, 2.75) is 37.9 Å². The van der Waals surface area contributed by atoms with Gasteiger partial charge in [0.05, 0.1) is 29.5 Å². The number of benzene rings is 1. The molecule has 1 aromatic carbocycles. The first-order chi connectivity index (χ1) is 14.9. The van der Waals surface area contributed by atoms with Gasteiger partial charge in [-0.3, -0.25) is 9.59 Å². The van der Waals surface area contributed by atoms with Gasteiger partial charge in [0.1, 0.15) is 5.65 Å². The molecule has 3 aromatic rings. The monoisotopic (exact) mass is 438 g/mol. The molecule has 1 saturated carbocycles. The fourth-order valence-electron chi connectivity index (χ4n) is 3.50. The molecule has 4 rings (SSSR count). The van der Waals surface area contributed by atoms with E-state index in [9.17, 15) is 14.4 Å². The summed E-state index contributed by atoms with van der Waals surface area (Å²) in [6, 6.07) is 8.75. The van der Waals surface area contributed by atoms with E-state index >= 15 is 0 Å². The Kier molecular flexibility index (Phi) is 5.77. The van der Waals surface area contributed by atoms with Crippen molar-refractivity contribution in [1.82, 2.24) is 14.5 Å². The third-order valence-electron chi connectivity index (χ3n) is 5.02. The number of pyridine rings is 1. The highest BCUT2D eigenvalue weighted by atomic mass is 32.2. The molecule has 9 heteroatoms. The van der Waals surface area contributed by atoms with Crippen molar-refractivity contribution < 1.29 is 14.3 Å². The lowest BCUT2D eigenvalue weighted by Gasteiger charge is -2.15. The van der Waals surface area contributed by atoms with Gasteiger partial charge in [0.15, 0.2) is 5.16 Å². The summed E-state index contributed by atoms with van der Waals surface area (Å²) in [4.78, 5) is 46.1. The normalized spacial score (nSPS) is 13.3. The number of aryl methyl sites for hydroxylation is 2. The van der Waals surface area contributed by atoms with Gasteiger partial charge in [0.2, 0.25) is 5.91 Å².